The molecule has 1 aromatic carbocycles. The highest BCUT2D eigenvalue weighted by molar-refractivity contribution is 6.09. The van der Waals surface area contributed by atoms with Crippen LogP contribution in [0.15, 0.2) is 58.3 Å². The lowest BCUT2D eigenvalue weighted by Gasteiger charge is -2.29. The number of anilines is 2. The maximum atomic E-state index is 13.4. The van der Waals surface area contributed by atoms with Crippen LogP contribution < -0.4 is 15.8 Å². The smallest absolute Gasteiger partial charge is 0.259 e. The van der Waals surface area contributed by atoms with E-state index in [9.17, 15) is 9.59 Å². The van der Waals surface area contributed by atoms with Gasteiger partial charge in [0.15, 0.2) is 0 Å². The number of rotatable bonds is 4. The summed E-state index contributed by atoms with van der Waals surface area (Å²) in [5.41, 5.74) is 3.96. The number of hydrogen-bond donors (Lipinski definition) is 2. The molecule has 9 heteroatoms. The summed E-state index contributed by atoms with van der Waals surface area (Å²) in [5.74, 6) is 0.325. The van der Waals surface area contributed by atoms with Gasteiger partial charge in [0.1, 0.15) is 12.1 Å². The maximum Gasteiger partial charge on any atom is 0.259 e. The highest BCUT2D eigenvalue weighted by Gasteiger charge is 2.22. The summed E-state index contributed by atoms with van der Waals surface area (Å²) in [4.78, 5) is 34.5. The Hall–Kier alpha value is -3.98. The summed E-state index contributed by atoms with van der Waals surface area (Å²) in [7, 11) is 0. The monoisotopic (exact) mass is 431 g/mol. The van der Waals surface area contributed by atoms with E-state index in [1.54, 1.807) is 30.6 Å². The first kappa shape index (κ1) is 20.0. The number of nitrogens with zero attached hydrogens (tertiary/aromatic N) is 3. The van der Waals surface area contributed by atoms with Crippen LogP contribution in [0.3, 0.4) is 0 Å². The van der Waals surface area contributed by atoms with Crippen molar-refractivity contribution in [2.75, 3.05) is 36.5 Å². The number of amides is 1. The minimum Gasteiger partial charge on any atom is -0.378 e. The summed E-state index contributed by atoms with van der Waals surface area (Å²) in [5, 5.41) is 7.58. The molecule has 0 bridgehead atoms. The second-order valence-electron chi connectivity index (χ2n) is 7.64. The molecular weight excluding hydrogens is 410 g/mol. The molecule has 5 rings (SSSR count). The third kappa shape index (κ3) is 3.85. The molecule has 1 aliphatic rings. The molecular formula is C23H21N5O4. The number of ether oxygens (including phenoxy) is 1. The Labute approximate surface area is 183 Å². The molecule has 0 saturated carbocycles. The summed E-state index contributed by atoms with van der Waals surface area (Å²) < 4.78 is 10.4. The quantitative estimate of drug-likeness (QED) is 0.511. The molecule has 0 spiro atoms. The van der Waals surface area contributed by atoms with Crippen LogP contribution in [0.5, 0.6) is 0 Å². The van der Waals surface area contributed by atoms with Crippen molar-refractivity contribution in [3.8, 4) is 11.1 Å². The van der Waals surface area contributed by atoms with E-state index in [1.807, 2.05) is 17.9 Å². The second kappa shape index (κ2) is 8.27. The minimum absolute atomic E-state index is 0.154. The molecule has 1 saturated heterocycles. The molecule has 1 amide bonds. The van der Waals surface area contributed by atoms with Gasteiger partial charge in [0.25, 0.3) is 5.91 Å². The van der Waals surface area contributed by atoms with Crippen LogP contribution in [-0.4, -0.2) is 47.3 Å². The van der Waals surface area contributed by atoms with Crippen molar-refractivity contribution in [1.29, 1.82) is 0 Å². The standard InChI is InChI=1S/C23H21N5O4/c1-14-8-21(29)27-20-3-2-17(10-18(14)20)26-23(30)19-9-15(16-12-25-32-13-16)11-24-22(19)28-4-6-31-7-5-28/h2-3,8-13H,4-7H2,1H3,(H,26,30)(H,27,29). The lowest BCUT2D eigenvalue weighted by atomic mass is 10.1. The number of carbonyl (C=O) groups excluding carboxylic acids is 1. The second-order valence-corrected chi connectivity index (χ2v) is 7.64. The number of benzene rings is 1. The van der Waals surface area contributed by atoms with Crippen LogP contribution in [0, 0.1) is 6.92 Å². The van der Waals surface area contributed by atoms with E-state index in [0.717, 1.165) is 27.6 Å². The zero-order chi connectivity index (χ0) is 22.1. The van der Waals surface area contributed by atoms with Crippen LogP contribution in [0.25, 0.3) is 22.0 Å². The van der Waals surface area contributed by atoms with Crippen molar-refractivity contribution in [3.63, 3.8) is 0 Å². The van der Waals surface area contributed by atoms with Gasteiger partial charge in [-0.1, -0.05) is 5.16 Å². The Morgan fingerprint density at radius 2 is 1.97 bits per heavy atom. The number of pyridine rings is 2. The fourth-order valence-electron chi connectivity index (χ4n) is 3.86. The third-order valence-electron chi connectivity index (χ3n) is 5.50. The first-order valence-corrected chi connectivity index (χ1v) is 10.3. The Morgan fingerprint density at radius 1 is 1.12 bits per heavy atom. The number of nitrogens with one attached hydrogen (secondary N) is 2. The van der Waals surface area contributed by atoms with E-state index < -0.39 is 0 Å². The van der Waals surface area contributed by atoms with E-state index in [-0.39, 0.29) is 11.5 Å². The Morgan fingerprint density at radius 3 is 2.75 bits per heavy atom. The number of H-pyrrole nitrogens is 1. The average Bonchev–Trinajstić information content (AvgIpc) is 3.35. The molecule has 1 aliphatic heterocycles. The fraction of sp³-hybridized carbons (Fsp3) is 0.217. The van der Waals surface area contributed by atoms with Crippen molar-refractivity contribution >= 4 is 28.3 Å². The van der Waals surface area contributed by atoms with E-state index in [2.05, 4.69) is 20.4 Å². The highest BCUT2D eigenvalue weighted by Crippen LogP contribution is 2.27. The minimum atomic E-state index is -0.279. The summed E-state index contributed by atoms with van der Waals surface area (Å²) in [6.07, 6.45) is 4.81. The normalized spacial score (nSPS) is 14.0. The molecule has 32 heavy (non-hydrogen) atoms. The zero-order valence-corrected chi connectivity index (χ0v) is 17.4. The van der Waals surface area contributed by atoms with Crippen molar-refractivity contribution in [1.82, 2.24) is 15.1 Å². The molecule has 9 nitrogen and oxygen atoms in total. The lowest BCUT2D eigenvalue weighted by Crippen LogP contribution is -2.38. The van der Waals surface area contributed by atoms with Crippen molar-refractivity contribution < 1.29 is 14.1 Å². The SMILES string of the molecule is Cc1cc(=O)[nH]c2ccc(NC(=O)c3cc(-c4cnoc4)cnc3N3CCOCC3)cc12. The number of carbonyl (C=O) groups is 1. The largest absolute Gasteiger partial charge is 0.378 e. The lowest BCUT2D eigenvalue weighted by molar-refractivity contribution is 0.102. The molecule has 162 valence electrons. The van der Waals surface area contributed by atoms with Gasteiger partial charge in [-0.3, -0.25) is 9.59 Å². The highest BCUT2D eigenvalue weighted by atomic mass is 16.5. The van der Waals surface area contributed by atoms with Crippen molar-refractivity contribution in [3.05, 3.63) is 70.5 Å². The third-order valence-corrected chi connectivity index (χ3v) is 5.50. The van der Waals surface area contributed by atoms with Crippen molar-refractivity contribution in [2.24, 2.45) is 0 Å². The Bertz CT molecular complexity index is 1340. The van der Waals surface area contributed by atoms with Crippen LogP contribution in [0.4, 0.5) is 11.5 Å². The maximum absolute atomic E-state index is 13.4. The molecule has 4 heterocycles. The van der Waals surface area contributed by atoms with Crippen LogP contribution in [0.2, 0.25) is 0 Å². The molecule has 0 radical (unpaired) electrons. The first-order chi connectivity index (χ1) is 15.6. The van der Waals surface area contributed by atoms with Crippen LogP contribution >= 0.6 is 0 Å². The molecule has 0 unspecified atom stereocenters. The molecule has 3 aromatic heterocycles. The first-order valence-electron chi connectivity index (χ1n) is 10.3. The topological polar surface area (TPSA) is 113 Å². The van der Waals surface area contributed by atoms with Gasteiger partial charge >= 0.3 is 0 Å². The number of aryl methyl sites for hydroxylation is 1. The number of aromatic nitrogens is 3. The Kier molecular flexibility index (Phi) is 5.16. The predicted octanol–water partition coefficient (Wildman–Crippen LogP) is 2.98. The summed E-state index contributed by atoms with van der Waals surface area (Å²) in [6, 6.07) is 8.74. The van der Waals surface area contributed by atoms with E-state index in [1.165, 1.54) is 12.3 Å². The summed E-state index contributed by atoms with van der Waals surface area (Å²) in [6.45, 7) is 4.34. The number of fused-ring (bicyclic) bond motifs is 1. The van der Waals surface area contributed by atoms with Gasteiger partial charge in [0.05, 0.1) is 25.0 Å². The number of morpholine rings is 1. The average molecular weight is 431 g/mol. The number of aromatic amines is 1. The number of hydrogen-bond acceptors (Lipinski definition) is 7. The van der Waals surface area contributed by atoms with Gasteiger partial charge in [-0.25, -0.2) is 4.98 Å². The van der Waals surface area contributed by atoms with Gasteiger partial charge in [0.2, 0.25) is 5.56 Å². The van der Waals surface area contributed by atoms with Gasteiger partial charge in [-0.2, -0.15) is 0 Å². The molecule has 0 aliphatic carbocycles. The van der Waals surface area contributed by atoms with Crippen molar-refractivity contribution in [2.45, 2.75) is 6.92 Å². The van der Waals surface area contributed by atoms with E-state index >= 15 is 0 Å². The predicted molar refractivity (Wildman–Crippen MR) is 120 cm³/mol. The van der Waals surface area contributed by atoms with Crippen LogP contribution in [0.1, 0.15) is 15.9 Å². The summed E-state index contributed by atoms with van der Waals surface area (Å²) >= 11 is 0. The van der Waals surface area contributed by atoms with Crippen LogP contribution in [-0.2, 0) is 4.74 Å². The molecule has 1 fully saturated rings. The fourth-order valence-corrected chi connectivity index (χ4v) is 3.86. The molecule has 2 N–H and O–H groups in total. The van der Waals surface area contributed by atoms with E-state index in [0.29, 0.717) is 43.4 Å². The van der Waals surface area contributed by atoms with Gasteiger partial charge in [0, 0.05) is 53.1 Å². The molecule has 0 atom stereocenters. The van der Waals surface area contributed by atoms with Gasteiger partial charge in [-0.05, 0) is 36.8 Å². The zero-order valence-electron chi connectivity index (χ0n) is 17.4. The van der Waals surface area contributed by atoms with E-state index in [4.69, 9.17) is 9.26 Å². The molecule has 4 aromatic rings. The van der Waals surface area contributed by atoms with Gasteiger partial charge in [-0.15, -0.1) is 0 Å². The Balaban J connectivity index is 1.51. The van der Waals surface area contributed by atoms with Gasteiger partial charge < -0.3 is 24.5 Å².